The van der Waals surface area contributed by atoms with Crippen LogP contribution in [0.1, 0.15) is 19.8 Å². The van der Waals surface area contributed by atoms with Crippen LogP contribution in [0.15, 0.2) is 0 Å². The predicted molar refractivity (Wildman–Crippen MR) is 39.8 cm³/mol. The molecule has 2 heteroatoms. The van der Waals surface area contributed by atoms with Gasteiger partial charge in [0.25, 0.3) is 0 Å². The fraction of sp³-hybridized carbons (Fsp3) is 1.00. The van der Waals surface area contributed by atoms with Crippen molar-refractivity contribution in [2.75, 3.05) is 19.6 Å². The second-order valence-corrected chi connectivity index (χ2v) is 2.53. The van der Waals surface area contributed by atoms with E-state index in [9.17, 15) is 0 Å². The number of likely N-dealkylation sites (N-methyl/N-ethyl adjacent to an activating group) is 1. The molecule has 0 aliphatic carbocycles. The first-order valence-corrected chi connectivity index (χ1v) is 3.80. The maximum atomic E-state index is 4.31. The number of nitrogens with zero attached hydrogens (tertiary/aromatic N) is 1. The monoisotopic (exact) mass is 127 g/mol. The molecule has 0 saturated carbocycles. The van der Waals surface area contributed by atoms with Gasteiger partial charge in [0.2, 0.25) is 0 Å². The van der Waals surface area contributed by atoms with Crippen LogP contribution in [0.3, 0.4) is 0 Å². The number of nitrogens with one attached hydrogen (secondary N) is 1. The first-order chi connectivity index (χ1) is 4.43. The second-order valence-electron chi connectivity index (χ2n) is 2.53. The smallest absolute Gasteiger partial charge is 0.00755 e. The molecule has 9 heavy (non-hydrogen) atoms. The van der Waals surface area contributed by atoms with E-state index in [1.807, 2.05) is 0 Å². The van der Waals surface area contributed by atoms with Gasteiger partial charge in [0.15, 0.2) is 0 Å². The minimum absolute atomic E-state index is 0.684. The highest BCUT2D eigenvalue weighted by Crippen LogP contribution is 2.09. The third-order valence-corrected chi connectivity index (χ3v) is 1.71. The van der Waals surface area contributed by atoms with Crippen LogP contribution in [0.25, 0.3) is 5.32 Å². The Bertz CT molecular complexity index is 64.6. The second kappa shape index (κ2) is 3.85. The van der Waals surface area contributed by atoms with Gasteiger partial charge in [0, 0.05) is 0 Å². The van der Waals surface area contributed by atoms with Gasteiger partial charge in [0.1, 0.15) is 0 Å². The summed E-state index contributed by atoms with van der Waals surface area (Å²) in [4.78, 5) is 0. The first kappa shape index (κ1) is 7.03. The molecular weight excluding hydrogens is 112 g/mol. The van der Waals surface area contributed by atoms with Crippen molar-refractivity contribution >= 4 is 0 Å². The molecule has 1 saturated heterocycles. The number of hydrogen-bond acceptors (Lipinski definition) is 1. The molecule has 0 aromatic carbocycles. The van der Waals surface area contributed by atoms with Crippen LogP contribution < -0.4 is 5.32 Å². The zero-order chi connectivity index (χ0) is 6.53. The van der Waals surface area contributed by atoms with Gasteiger partial charge in [0.05, 0.1) is 0 Å². The van der Waals surface area contributed by atoms with Crippen molar-refractivity contribution in [1.29, 1.82) is 0 Å². The van der Waals surface area contributed by atoms with E-state index in [1.165, 1.54) is 12.8 Å². The molecule has 1 atom stereocenters. The quantitative estimate of drug-likeness (QED) is 0.591. The molecule has 0 bridgehead atoms. The molecule has 1 rings (SSSR count). The van der Waals surface area contributed by atoms with Gasteiger partial charge in [-0.3, -0.25) is 0 Å². The Morgan fingerprint density at radius 1 is 1.67 bits per heavy atom. The molecule has 2 nitrogen and oxygen atoms in total. The lowest BCUT2D eigenvalue weighted by atomic mass is 10.1. The highest BCUT2D eigenvalue weighted by molar-refractivity contribution is 4.91. The summed E-state index contributed by atoms with van der Waals surface area (Å²) in [6.07, 6.45) is 2.59. The van der Waals surface area contributed by atoms with Crippen LogP contribution >= 0.6 is 0 Å². The molecule has 0 aromatic rings. The van der Waals surface area contributed by atoms with Gasteiger partial charge in [-0.1, -0.05) is 13.3 Å². The van der Waals surface area contributed by atoms with E-state index in [0.717, 1.165) is 19.6 Å². The summed E-state index contributed by atoms with van der Waals surface area (Å²) < 4.78 is 0. The summed E-state index contributed by atoms with van der Waals surface area (Å²) in [6, 6.07) is 0.684. The lowest BCUT2D eigenvalue weighted by Gasteiger charge is -2.33. The average Bonchev–Trinajstić information content (AvgIpc) is 1.91. The summed E-state index contributed by atoms with van der Waals surface area (Å²) in [5.41, 5.74) is 0. The van der Waals surface area contributed by atoms with E-state index in [1.54, 1.807) is 0 Å². The molecule has 0 amide bonds. The highest BCUT2D eigenvalue weighted by Gasteiger charge is 2.02. The van der Waals surface area contributed by atoms with Crippen molar-refractivity contribution in [2.45, 2.75) is 25.8 Å². The molecule has 0 radical (unpaired) electrons. The molecule has 1 heterocycles. The molecule has 54 valence electrons. The van der Waals surface area contributed by atoms with Crippen LogP contribution in [0.2, 0.25) is 0 Å². The Labute approximate surface area is 57.0 Å². The Morgan fingerprint density at radius 3 is 3.11 bits per heavy atom. The molecule has 0 spiro atoms. The minimum Gasteiger partial charge on any atom is -0.661 e. The molecule has 1 aliphatic heterocycles. The topological polar surface area (TPSA) is 26.1 Å². The van der Waals surface area contributed by atoms with Gasteiger partial charge in [-0.15, -0.1) is 13.1 Å². The maximum Gasteiger partial charge on any atom is -0.00755 e. The van der Waals surface area contributed by atoms with E-state index in [4.69, 9.17) is 0 Å². The van der Waals surface area contributed by atoms with Crippen LogP contribution in [-0.2, 0) is 0 Å². The van der Waals surface area contributed by atoms with Crippen molar-refractivity contribution in [2.24, 2.45) is 0 Å². The summed E-state index contributed by atoms with van der Waals surface area (Å²) in [5, 5.41) is 7.71. The fourth-order valence-electron chi connectivity index (χ4n) is 1.24. The van der Waals surface area contributed by atoms with Crippen LogP contribution in [0, 0.1) is 0 Å². The van der Waals surface area contributed by atoms with E-state index in [2.05, 4.69) is 17.6 Å². The first-order valence-electron chi connectivity index (χ1n) is 3.80. The SMILES string of the molecule is CCN[C@@H]1CCC[N-]C1. The van der Waals surface area contributed by atoms with Gasteiger partial charge in [-0.25, -0.2) is 0 Å². The molecule has 1 N–H and O–H groups in total. The lowest BCUT2D eigenvalue weighted by molar-refractivity contribution is 0.477. The average molecular weight is 127 g/mol. The zero-order valence-electron chi connectivity index (χ0n) is 6.06. The summed E-state index contributed by atoms with van der Waals surface area (Å²) in [5.74, 6) is 0. The van der Waals surface area contributed by atoms with Gasteiger partial charge in [-0.05, 0) is 19.0 Å². The number of rotatable bonds is 2. The van der Waals surface area contributed by atoms with Crippen molar-refractivity contribution in [3.63, 3.8) is 0 Å². The zero-order valence-corrected chi connectivity index (χ0v) is 6.06. The third-order valence-electron chi connectivity index (χ3n) is 1.71. The molecule has 1 fully saturated rings. The van der Waals surface area contributed by atoms with E-state index in [-0.39, 0.29) is 0 Å². The minimum atomic E-state index is 0.684. The van der Waals surface area contributed by atoms with Crippen molar-refractivity contribution < 1.29 is 0 Å². The van der Waals surface area contributed by atoms with Crippen molar-refractivity contribution in [3.8, 4) is 0 Å². The van der Waals surface area contributed by atoms with Crippen molar-refractivity contribution in [3.05, 3.63) is 5.32 Å². The molecule has 0 aromatic heterocycles. The highest BCUT2D eigenvalue weighted by atomic mass is 15.0. The van der Waals surface area contributed by atoms with Crippen molar-refractivity contribution in [1.82, 2.24) is 5.32 Å². The number of hydrogen-bond donors (Lipinski definition) is 1. The predicted octanol–water partition coefficient (Wildman–Crippen LogP) is 1.13. The van der Waals surface area contributed by atoms with E-state index in [0.29, 0.717) is 6.04 Å². The summed E-state index contributed by atoms with van der Waals surface area (Å²) >= 11 is 0. The fourth-order valence-corrected chi connectivity index (χ4v) is 1.24. The van der Waals surface area contributed by atoms with Crippen LogP contribution in [0.4, 0.5) is 0 Å². The third kappa shape index (κ3) is 2.33. The Hall–Kier alpha value is -0.0800. The largest absolute Gasteiger partial charge is 0.661 e. The maximum absolute atomic E-state index is 4.31. The molecule has 1 aliphatic rings. The van der Waals surface area contributed by atoms with Crippen LogP contribution in [0.5, 0.6) is 0 Å². The molecular formula is C7H15N2-. The van der Waals surface area contributed by atoms with E-state index >= 15 is 0 Å². The Kier molecular flexibility index (Phi) is 3.01. The molecule has 0 unspecified atom stereocenters. The van der Waals surface area contributed by atoms with E-state index < -0.39 is 0 Å². The van der Waals surface area contributed by atoms with Gasteiger partial charge in [-0.2, -0.15) is 0 Å². The van der Waals surface area contributed by atoms with Gasteiger partial charge < -0.3 is 10.6 Å². The normalized spacial score (nSPS) is 28.3. The lowest BCUT2D eigenvalue weighted by Crippen LogP contribution is -2.34. The Balaban J connectivity index is 2.08. The van der Waals surface area contributed by atoms with Gasteiger partial charge >= 0.3 is 0 Å². The summed E-state index contributed by atoms with van der Waals surface area (Å²) in [7, 11) is 0. The standard InChI is InChI=1S/C7H15N2/c1-2-9-7-4-3-5-8-6-7/h7,9H,2-6H2,1H3/q-1/t7-/m1/s1. The Morgan fingerprint density at radius 2 is 2.56 bits per heavy atom. The number of piperidine rings is 1. The van der Waals surface area contributed by atoms with Crippen LogP contribution in [-0.4, -0.2) is 25.7 Å². The summed E-state index contributed by atoms with van der Waals surface area (Å²) in [6.45, 7) is 5.35.